The zero-order valence-electron chi connectivity index (χ0n) is 5.77. The van der Waals surface area contributed by atoms with Crippen LogP contribution < -0.4 is 5.90 Å². The van der Waals surface area contributed by atoms with Crippen LogP contribution in [0.1, 0.15) is 27.2 Å². The molecule has 2 heteroatoms. The van der Waals surface area contributed by atoms with E-state index in [4.69, 9.17) is 5.90 Å². The summed E-state index contributed by atoms with van der Waals surface area (Å²) in [7, 11) is 0. The number of hydrogen-bond donors (Lipinski definition) is 0. The minimum absolute atomic E-state index is 0.267. The topological polar surface area (TPSA) is 31.5 Å². The van der Waals surface area contributed by atoms with E-state index in [1.807, 2.05) is 0 Å². The Kier molecular flexibility index (Phi) is 3.02. The van der Waals surface area contributed by atoms with Gasteiger partial charge < -0.3 is 0 Å². The van der Waals surface area contributed by atoms with Crippen molar-refractivity contribution in [2.45, 2.75) is 27.2 Å². The fourth-order valence-electron chi connectivity index (χ4n) is 0.352. The summed E-state index contributed by atoms with van der Waals surface area (Å²) in [4.78, 5) is 3.92. The number of hydrogen-bond acceptors (Lipinski definition) is 1. The van der Waals surface area contributed by atoms with Crippen molar-refractivity contribution >= 4 is 0 Å². The third kappa shape index (κ3) is 5.92. The van der Waals surface area contributed by atoms with Crippen LogP contribution in [0.2, 0.25) is 0 Å². The Morgan fingerprint density at radius 3 is 2.00 bits per heavy atom. The summed E-state index contributed by atoms with van der Waals surface area (Å²) >= 11 is 0. The Hall–Kier alpha value is -0.0800. The molecule has 0 unspecified atom stereocenters. The summed E-state index contributed by atoms with van der Waals surface area (Å²) < 4.78 is 0. The second-order valence-corrected chi connectivity index (χ2v) is 3.14. The molecule has 0 amide bonds. The standard InChI is InChI=1S/C6H13NO/c1-6(2,3)4-5-8-7/h4-5H2,1-3H3. The van der Waals surface area contributed by atoms with Crippen molar-refractivity contribution in [3.8, 4) is 0 Å². The molecular formula is C6H13NO. The zero-order chi connectivity index (χ0) is 6.62. The maximum absolute atomic E-state index is 7.93. The Morgan fingerprint density at radius 2 is 1.88 bits per heavy atom. The van der Waals surface area contributed by atoms with Crippen LogP contribution in [0.4, 0.5) is 0 Å². The molecule has 0 heterocycles. The van der Waals surface area contributed by atoms with Crippen LogP contribution in [0.5, 0.6) is 0 Å². The lowest BCUT2D eigenvalue weighted by molar-refractivity contribution is 0.0937. The Labute approximate surface area is 51.0 Å². The quantitative estimate of drug-likeness (QED) is 0.501. The van der Waals surface area contributed by atoms with Crippen molar-refractivity contribution in [3.05, 3.63) is 0 Å². The molecule has 0 rings (SSSR count). The fourth-order valence-corrected chi connectivity index (χ4v) is 0.352. The highest BCUT2D eigenvalue weighted by Crippen LogP contribution is 2.17. The summed E-state index contributed by atoms with van der Waals surface area (Å²) in [5, 5.41) is 0. The smallest absolute Gasteiger partial charge is 0.0725 e. The molecule has 0 aromatic rings. The maximum Gasteiger partial charge on any atom is 0.0725 e. The Bertz CT molecular complexity index is 56.0. The minimum Gasteiger partial charge on any atom is -0.264 e. The van der Waals surface area contributed by atoms with Gasteiger partial charge in [0.25, 0.3) is 0 Å². The highest BCUT2D eigenvalue weighted by Gasteiger charge is 2.08. The van der Waals surface area contributed by atoms with Crippen LogP contribution in [0.3, 0.4) is 0 Å². The molecule has 0 saturated carbocycles. The van der Waals surface area contributed by atoms with Gasteiger partial charge in [-0.1, -0.05) is 20.8 Å². The van der Waals surface area contributed by atoms with Gasteiger partial charge in [-0.15, -0.1) is 0 Å². The lowest BCUT2D eigenvalue weighted by Gasteiger charge is -2.15. The SMILES string of the molecule is CC(C)(C)CCO[N]. The van der Waals surface area contributed by atoms with Crippen molar-refractivity contribution < 1.29 is 4.84 Å². The molecule has 0 bridgehead atoms. The van der Waals surface area contributed by atoms with Gasteiger partial charge in [0.1, 0.15) is 0 Å². The molecular weight excluding hydrogens is 102 g/mol. The lowest BCUT2D eigenvalue weighted by atomic mass is 9.93. The molecule has 0 atom stereocenters. The molecule has 0 spiro atoms. The van der Waals surface area contributed by atoms with E-state index in [2.05, 4.69) is 25.6 Å². The maximum atomic E-state index is 7.93. The monoisotopic (exact) mass is 115 g/mol. The van der Waals surface area contributed by atoms with Gasteiger partial charge in [0, 0.05) is 5.90 Å². The van der Waals surface area contributed by atoms with E-state index in [0.717, 1.165) is 6.42 Å². The van der Waals surface area contributed by atoms with E-state index >= 15 is 0 Å². The van der Waals surface area contributed by atoms with Crippen LogP contribution in [0, 0.1) is 5.41 Å². The van der Waals surface area contributed by atoms with Gasteiger partial charge in [0.15, 0.2) is 0 Å². The van der Waals surface area contributed by atoms with Gasteiger partial charge in [-0.3, -0.25) is 4.84 Å². The van der Waals surface area contributed by atoms with E-state index in [-0.39, 0.29) is 5.41 Å². The average molecular weight is 115 g/mol. The Morgan fingerprint density at radius 1 is 1.38 bits per heavy atom. The molecule has 2 nitrogen and oxygen atoms in total. The first-order valence-electron chi connectivity index (χ1n) is 2.82. The molecule has 0 aromatic carbocycles. The van der Waals surface area contributed by atoms with Crippen molar-refractivity contribution in [2.24, 2.45) is 5.41 Å². The molecule has 0 aliphatic rings. The average Bonchev–Trinajstić information content (AvgIpc) is 1.59. The van der Waals surface area contributed by atoms with Gasteiger partial charge >= 0.3 is 0 Å². The lowest BCUT2D eigenvalue weighted by Crippen LogP contribution is -2.08. The predicted molar refractivity (Wildman–Crippen MR) is 32.2 cm³/mol. The van der Waals surface area contributed by atoms with Crippen molar-refractivity contribution in [1.29, 1.82) is 0 Å². The van der Waals surface area contributed by atoms with Crippen LogP contribution in [-0.4, -0.2) is 6.61 Å². The summed E-state index contributed by atoms with van der Waals surface area (Å²) in [6.45, 7) is 6.74. The molecule has 0 saturated heterocycles. The number of rotatable bonds is 2. The second kappa shape index (κ2) is 3.05. The predicted octanol–water partition coefficient (Wildman–Crippen LogP) is 1.42. The van der Waals surface area contributed by atoms with E-state index in [9.17, 15) is 0 Å². The van der Waals surface area contributed by atoms with Gasteiger partial charge in [0.2, 0.25) is 0 Å². The van der Waals surface area contributed by atoms with E-state index < -0.39 is 0 Å². The number of nitrogens with zero attached hydrogens (tertiary/aromatic N) is 1. The van der Waals surface area contributed by atoms with E-state index in [0.29, 0.717) is 6.61 Å². The van der Waals surface area contributed by atoms with Crippen molar-refractivity contribution in [2.75, 3.05) is 6.61 Å². The first-order chi connectivity index (χ1) is 3.56. The van der Waals surface area contributed by atoms with Crippen LogP contribution in [-0.2, 0) is 4.84 Å². The summed E-state index contributed by atoms with van der Waals surface area (Å²) in [5.74, 6) is 7.93. The first kappa shape index (κ1) is 7.92. The van der Waals surface area contributed by atoms with Crippen LogP contribution in [0.25, 0.3) is 0 Å². The molecule has 8 heavy (non-hydrogen) atoms. The highest BCUT2D eigenvalue weighted by molar-refractivity contribution is 4.59. The summed E-state index contributed by atoms with van der Waals surface area (Å²) in [5.41, 5.74) is 0.267. The molecule has 0 aromatic heterocycles. The molecule has 0 aliphatic heterocycles. The summed E-state index contributed by atoms with van der Waals surface area (Å²) in [6, 6.07) is 0. The normalized spacial score (nSPS) is 12.0. The van der Waals surface area contributed by atoms with Gasteiger partial charge in [0.05, 0.1) is 6.61 Å². The van der Waals surface area contributed by atoms with Gasteiger partial charge in [-0.2, -0.15) is 0 Å². The molecule has 0 aliphatic carbocycles. The van der Waals surface area contributed by atoms with Gasteiger partial charge in [-0.05, 0) is 11.8 Å². The first-order valence-corrected chi connectivity index (χ1v) is 2.82. The van der Waals surface area contributed by atoms with Crippen LogP contribution >= 0.6 is 0 Å². The van der Waals surface area contributed by atoms with Crippen molar-refractivity contribution in [3.63, 3.8) is 0 Å². The molecule has 2 radical (unpaired) electrons. The Balaban J connectivity index is 3.11. The molecule has 0 fully saturated rings. The van der Waals surface area contributed by atoms with E-state index in [1.54, 1.807) is 0 Å². The summed E-state index contributed by atoms with van der Waals surface area (Å²) in [6.07, 6.45) is 0.892. The minimum atomic E-state index is 0.267. The highest BCUT2D eigenvalue weighted by atomic mass is 16.6. The third-order valence-corrected chi connectivity index (χ3v) is 0.943. The zero-order valence-corrected chi connectivity index (χ0v) is 5.77. The molecule has 48 valence electrons. The fraction of sp³-hybridized carbons (Fsp3) is 1.00. The van der Waals surface area contributed by atoms with Gasteiger partial charge in [-0.25, -0.2) is 0 Å². The van der Waals surface area contributed by atoms with E-state index in [1.165, 1.54) is 0 Å². The second-order valence-electron chi connectivity index (χ2n) is 3.14. The third-order valence-electron chi connectivity index (χ3n) is 0.943. The van der Waals surface area contributed by atoms with Crippen molar-refractivity contribution in [1.82, 2.24) is 5.90 Å². The van der Waals surface area contributed by atoms with Crippen LogP contribution in [0.15, 0.2) is 0 Å². The molecule has 0 N–H and O–H groups in total. The largest absolute Gasteiger partial charge is 0.264 e.